The van der Waals surface area contributed by atoms with Crippen molar-refractivity contribution in [3.8, 4) is 22.4 Å². The lowest BCUT2D eigenvalue weighted by molar-refractivity contribution is -0.739. The summed E-state index contributed by atoms with van der Waals surface area (Å²) in [6.07, 6.45) is -3.03. The highest BCUT2D eigenvalue weighted by molar-refractivity contribution is 7.21. The SMILES string of the molecule is C[n+]1cc(/N=C(\[O-])c2sc3nc(-c4ccccc4)cc(-c4ccc(C(F)(F)F)cc4)c3c2N)on1. The second-order valence-corrected chi connectivity index (χ2v) is 8.65. The number of nitrogens with zero attached hydrogens (tertiary/aromatic N) is 4. The molecule has 2 aromatic carbocycles. The van der Waals surface area contributed by atoms with Gasteiger partial charge in [-0.2, -0.15) is 13.2 Å². The van der Waals surface area contributed by atoms with Gasteiger partial charge in [-0.1, -0.05) is 47.1 Å². The van der Waals surface area contributed by atoms with Gasteiger partial charge in [-0.05, 0) is 29.3 Å². The molecule has 0 unspecified atom stereocenters. The van der Waals surface area contributed by atoms with E-state index in [4.69, 9.17) is 10.3 Å². The third kappa shape index (κ3) is 4.33. The van der Waals surface area contributed by atoms with Crippen LogP contribution in [0.2, 0.25) is 0 Å². The van der Waals surface area contributed by atoms with Gasteiger partial charge in [0.15, 0.2) is 12.3 Å². The molecule has 0 radical (unpaired) electrons. The zero-order valence-corrected chi connectivity index (χ0v) is 18.9. The van der Waals surface area contributed by atoms with Crippen LogP contribution in [-0.4, -0.2) is 16.2 Å². The predicted octanol–water partition coefficient (Wildman–Crippen LogP) is 4.48. The highest BCUT2D eigenvalue weighted by atomic mass is 32.1. The van der Waals surface area contributed by atoms with E-state index in [-0.39, 0.29) is 16.4 Å². The Morgan fingerprint density at radius 1 is 1.09 bits per heavy atom. The molecule has 5 aromatic rings. The Kier molecular flexibility index (Phi) is 5.48. The van der Waals surface area contributed by atoms with Crippen LogP contribution in [0.4, 0.5) is 24.7 Å². The van der Waals surface area contributed by atoms with E-state index < -0.39 is 17.6 Å². The molecule has 0 saturated heterocycles. The van der Waals surface area contributed by atoms with Crippen molar-refractivity contribution in [2.45, 2.75) is 6.18 Å². The summed E-state index contributed by atoms with van der Waals surface area (Å²) in [6, 6.07) is 15.8. The number of nitrogen functional groups attached to an aromatic ring is 1. The molecule has 0 atom stereocenters. The number of rotatable bonds is 4. The summed E-state index contributed by atoms with van der Waals surface area (Å²) in [6.45, 7) is 0. The standard InChI is InChI=1S/C24H16F3N5O2S/c1-32-12-18(34-31-32)30-22(33)21-20(28)19-16(13-7-9-15(10-8-13)24(25,26)27)11-17(29-23(19)35-21)14-5-3-2-4-6-14/h2-12H,1H3,(H2-,28,30,31,33). The molecule has 3 heterocycles. The molecule has 0 aliphatic carbocycles. The van der Waals surface area contributed by atoms with Crippen molar-refractivity contribution in [3.05, 3.63) is 77.3 Å². The van der Waals surface area contributed by atoms with Crippen molar-refractivity contribution in [3.63, 3.8) is 0 Å². The summed E-state index contributed by atoms with van der Waals surface area (Å²) in [5, 5.41) is 17.0. The zero-order chi connectivity index (χ0) is 24.7. The largest absolute Gasteiger partial charge is 0.857 e. The number of aromatic nitrogens is 3. The van der Waals surface area contributed by atoms with Crippen LogP contribution in [0.1, 0.15) is 10.4 Å². The first-order chi connectivity index (χ1) is 16.7. The van der Waals surface area contributed by atoms with Gasteiger partial charge in [0.25, 0.3) is 6.20 Å². The van der Waals surface area contributed by atoms with E-state index >= 15 is 0 Å². The molecular weight excluding hydrogens is 479 g/mol. The van der Waals surface area contributed by atoms with E-state index in [1.54, 1.807) is 13.1 Å². The lowest BCUT2D eigenvalue weighted by Crippen LogP contribution is -2.27. The van der Waals surface area contributed by atoms with E-state index in [0.717, 1.165) is 29.0 Å². The van der Waals surface area contributed by atoms with E-state index in [0.29, 0.717) is 27.0 Å². The monoisotopic (exact) mass is 495 g/mol. The van der Waals surface area contributed by atoms with Crippen LogP contribution >= 0.6 is 11.3 Å². The average Bonchev–Trinajstić information content (AvgIpc) is 3.41. The lowest BCUT2D eigenvalue weighted by Gasteiger charge is -2.11. The van der Waals surface area contributed by atoms with Crippen LogP contribution in [0.5, 0.6) is 0 Å². The van der Waals surface area contributed by atoms with Gasteiger partial charge < -0.3 is 10.8 Å². The van der Waals surface area contributed by atoms with Crippen molar-refractivity contribution in [1.29, 1.82) is 0 Å². The van der Waals surface area contributed by atoms with E-state index in [1.165, 1.54) is 23.0 Å². The molecule has 0 amide bonds. The molecule has 5 rings (SSSR count). The Balaban J connectivity index is 1.71. The number of nitrogens with two attached hydrogens (primary N) is 1. The Morgan fingerprint density at radius 2 is 1.80 bits per heavy atom. The fourth-order valence-electron chi connectivity index (χ4n) is 3.62. The number of hydrogen-bond donors (Lipinski definition) is 1. The zero-order valence-electron chi connectivity index (χ0n) is 18.1. The topological polar surface area (TPSA) is 104 Å². The third-order valence-electron chi connectivity index (χ3n) is 5.26. The summed E-state index contributed by atoms with van der Waals surface area (Å²) in [4.78, 5) is 9.21. The Labute approximate surface area is 200 Å². The fourth-order valence-corrected chi connectivity index (χ4v) is 4.62. The smallest absolute Gasteiger partial charge is 0.416 e. The summed E-state index contributed by atoms with van der Waals surface area (Å²) in [7, 11) is 1.62. The maximum atomic E-state index is 13.1. The van der Waals surface area contributed by atoms with Crippen molar-refractivity contribution in [2.24, 2.45) is 12.0 Å². The predicted molar refractivity (Wildman–Crippen MR) is 124 cm³/mol. The van der Waals surface area contributed by atoms with Gasteiger partial charge in [-0.15, -0.1) is 11.3 Å². The second-order valence-electron chi connectivity index (χ2n) is 7.65. The first kappa shape index (κ1) is 22.5. The minimum absolute atomic E-state index is 0.00949. The molecule has 35 heavy (non-hydrogen) atoms. The van der Waals surface area contributed by atoms with Crippen LogP contribution in [0.15, 0.2) is 76.4 Å². The number of alkyl halides is 3. The number of thiophene rings is 1. The fraction of sp³-hybridized carbons (Fsp3) is 0.0833. The number of benzene rings is 2. The van der Waals surface area contributed by atoms with Gasteiger partial charge in [0, 0.05) is 16.8 Å². The molecular formula is C24H16F3N5O2S. The second kappa shape index (κ2) is 8.51. The first-order valence-electron chi connectivity index (χ1n) is 10.3. The van der Waals surface area contributed by atoms with Crippen LogP contribution < -0.4 is 15.5 Å². The molecule has 0 fully saturated rings. The summed E-state index contributed by atoms with van der Waals surface area (Å²) in [5.41, 5.74) is 8.22. The quantitative estimate of drug-likeness (QED) is 0.225. The van der Waals surface area contributed by atoms with Crippen LogP contribution in [0.25, 0.3) is 32.6 Å². The minimum atomic E-state index is -4.46. The Hall–Kier alpha value is -4.25. The number of hydrogen-bond acceptors (Lipinski definition) is 7. The van der Waals surface area contributed by atoms with Crippen molar-refractivity contribution in [1.82, 2.24) is 10.3 Å². The van der Waals surface area contributed by atoms with Gasteiger partial charge in [0.2, 0.25) is 0 Å². The maximum absolute atomic E-state index is 13.1. The Morgan fingerprint density at radius 3 is 2.43 bits per heavy atom. The molecule has 0 bridgehead atoms. The molecule has 0 saturated carbocycles. The number of halogens is 3. The number of pyridine rings is 1. The molecule has 7 nitrogen and oxygen atoms in total. The number of aliphatic imine (C=N–C) groups is 1. The van der Waals surface area contributed by atoms with Gasteiger partial charge in [0.05, 0.1) is 21.8 Å². The summed E-state index contributed by atoms with van der Waals surface area (Å²) in [5.74, 6) is -0.628. The summed E-state index contributed by atoms with van der Waals surface area (Å²) < 4.78 is 45.6. The van der Waals surface area contributed by atoms with Gasteiger partial charge >= 0.3 is 12.1 Å². The Bertz CT molecular complexity index is 1560. The van der Waals surface area contributed by atoms with Crippen molar-refractivity contribution in [2.75, 3.05) is 5.73 Å². The van der Waals surface area contributed by atoms with Crippen molar-refractivity contribution < 1.29 is 27.5 Å². The molecule has 2 N–H and O–H groups in total. The highest BCUT2D eigenvalue weighted by Gasteiger charge is 2.30. The van der Waals surface area contributed by atoms with Crippen molar-refractivity contribution >= 4 is 39.0 Å². The van der Waals surface area contributed by atoms with E-state index in [2.05, 4.69) is 15.2 Å². The molecule has 0 spiro atoms. The average molecular weight is 495 g/mol. The van der Waals surface area contributed by atoms with Gasteiger partial charge in [-0.3, -0.25) is 4.52 Å². The molecule has 0 aliphatic rings. The van der Waals surface area contributed by atoms with E-state index in [9.17, 15) is 18.3 Å². The van der Waals surface area contributed by atoms with Crippen LogP contribution in [-0.2, 0) is 13.2 Å². The first-order valence-corrected chi connectivity index (χ1v) is 11.1. The number of anilines is 1. The third-order valence-corrected chi connectivity index (χ3v) is 6.35. The van der Waals surface area contributed by atoms with Crippen LogP contribution in [0, 0.1) is 0 Å². The number of aryl methyl sites for hydroxylation is 1. The maximum Gasteiger partial charge on any atom is 0.416 e. The lowest BCUT2D eigenvalue weighted by atomic mass is 9.98. The number of fused-ring (bicyclic) bond motifs is 1. The normalized spacial score (nSPS) is 12.4. The van der Waals surface area contributed by atoms with Gasteiger partial charge in [0.1, 0.15) is 4.83 Å². The molecule has 0 aliphatic heterocycles. The van der Waals surface area contributed by atoms with E-state index in [1.807, 2.05) is 30.3 Å². The molecule has 11 heteroatoms. The highest BCUT2D eigenvalue weighted by Crippen LogP contribution is 2.42. The summed E-state index contributed by atoms with van der Waals surface area (Å²) >= 11 is 1.05. The molecule has 3 aromatic heterocycles. The minimum Gasteiger partial charge on any atom is -0.857 e. The van der Waals surface area contributed by atoms with Gasteiger partial charge in [-0.25, -0.2) is 9.98 Å². The van der Waals surface area contributed by atoms with Crippen LogP contribution in [0.3, 0.4) is 0 Å². The molecule has 176 valence electrons.